The van der Waals surface area contributed by atoms with E-state index in [1.807, 2.05) is 0 Å². The normalized spacial score (nSPS) is 16.8. The molecule has 0 unspecified atom stereocenters. The molecule has 3 heteroatoms. The van der Waals surface area contributed by atoms with Gasteiger partial charge >= 0.3 is 11.3 Å². The Hall–Kier alpha value is -1.29. The molecule has 2 aromatic carbocycles. The fraction of sp³-hybridized carbons (Fsp3) is 0.154. The maximum absolute atomic E-state index is 7.50. The smallest absolute Gasteiger partial charge is 0 e. The topological polar surface area (TPSA) is 19.9 Å². The molecule has 0 atom stereocenters. The quantitative estimate of drug-likeness (QED) is 0.222. The molecular weight excluding hydrogens is 462 g/mol. The van der Waals surface area contributed by atoms with E-state index in [0.29, 0.717) is 0 Å². The SMILES string of the molecule is CC[C]1[CH][C](CCP(c2ccccc2)c2ccccc2)[C]2C=CC=C[C]12.[C-]#[O+].[Rh]. The summed E-state index contributed by atoms with van der Waals surface area (Å²) in [5.41, 5.74) is 0. The van der Waals surface area contributed by atoms with E-state index in [2.05, 4.69) is 105 Å². The first kappa shape index (κ1) is 24.0. The molecule has 0 heterocycles. The van der Waals surface area contributed by atoms with Gasteiger partial charge in [0.1, 0.15) is 0 Å². The molecule has 0 aliphatic heterocycles. The van der Waals surface area contributed by atoms with Crippen LogP contribution in [-0.4, -0.2) is 6.16 Å². The van der Waals surface area contributed by atoms with Crippen LogP contribution in [0.4, 0.5) is 0 Å². The van der Waals surface area contributed by atoms with Gasteiger partial charge in [-0.15, -0.1) is 0 Å². The number of fused-ring (bicyclic) bond motifs is 1. The van der Waals surface area contributed by atoms with E-state index >= 15 is 0 Å². The van der Waals surface area contributed by atoms with Crippen molar-refractivity contribution in [1.82, 2.24) is 0 Å². The van der Waals surface area contributed by atoms with Crippen LogP contribution in [0.5, 0.6) is 0 Å². The minimum absolute atomic E-state index is 0. The van der Waals surface area contributed by atoms with Gasteiger partial charge in [0, 0.05) is 31.3 Å². The molecule has 1 nitrogen and oxygen atoms in total. The monoisotopic (exact) mass is 486 g/mol. The van der Waals surface area contributed by atoms with E-state index < -0.39 is 0 Å². The summed E-state index contributed by atoms with van der Waals surface area (Å²) in [4.78, 5) is 0. The number of hydrogen-bond donors (Lipinski definition) is 0. The molecule has 2 aliphatic carbocycles. The third-order valence-corrected chi connectivity index (χ3v) is 7.60. The predicted octanol–water partition coefficient (Wildman–Crippen LogP) is 5.52. The Morgan fingerprint density at radius 1 is 0.759 bits per heavy atom. The van der Waals surface area contributed by atoms with Gasteiger partial charge in [-0.2, -0.15) is 0 Å². The Balaban J connectivity index is 0.000000970. The molecule has 2 aliphatic rings. The summed E-state index contributed by atoms with van der Waals surface area (Å²) in [7, 11) is -0.325. The third kappa shape index (κ3) is 5.87. The van der Waals surface area contributed by atoms with E-state index in [0.717, 1.165) is 12.8 Å². The summed E-state index contributed by atoms with van der Waals surface area (Å²) in [5, 5.41) is 2.94. The number of hydrogen-bond acceptors (Lipinski definition) is 0. The number of allylic oxidation sites excluding steroid dienone is 4. The minimum atomic E-state index is -0.325. The van der Waals surface area contributed by atoms with Crippen LogP contribution in [0, 0.1) is 36.7 Å². The van der Waals surface area contributed by atoms with Gasteiger partial charge < -0.3 is 0 Å². The van der Waals surface area contributed by atoms with Crippen molar-refractivity contribution in [3.63, 3.8) is 0 Å². The Morgan fingerprint density at radius 2 is 1.24 bits per heavy atom. The van der Waals surface area contributed by atoms with E-state index in [4.69, 9.17) is 4.65 Å². The van der Waals surface area contributed by atoms with E-state index in [1.54, 1.807) is 0 Å². The molecule has 29 heavy (non-hydrogen) atoms. The fourth-order valence-electron chi connectivity index (χ4n) is 3.76. The largest absolute Gasteiger partial charge is 0 e. The molecule has 0 aromatic heterocycles. The minimum Gasteiger partial charge on any atom is 0 e. The van der Waals surface area contributed by atoms with Crippen LogP contribution < -0.4 is 10.6 Å². The van der Waals surface area contributed by atoms with Crippen molar-refractivity contribution in [3.05, 3.63) is 122 Å². The summed E-state index contributed by atoms with van der Waals surface area (Å²) >= 11 is 0. The molecular formula is C26H24OPRh. The van der Waals surface area contributed by atoms with Crippen LogP contribution in [0.2, 0.25) is 0 Å². The van der Waals surface area contributed by atoms with Crippen LogP contribution in [0.3, 0.4) is 0 Å². The summed E-state index contributed by atoms with van der Waals surface area (Å²) in [5.74, 6) is 5.88. The maximum atomic E-state index is 7.50. The second-order valence-electron chi connectivity index (χ2n) is 6.67. The average Bonchev–Trinajstić information content (AvgIpc) is 3.15. The Labute approximate surface area is 189 Å². The molecule has 1 saturated carbocycles. The van der Waals surface area contributed by atoms with Gasteiger partial charge in [0.2, 0.25) is 0 Å². The average molecular weight is 486 g/mol. The third-order valence-electron chi connectivity index (χ3n) is 5.09. The molecule has 0 bridgehead atoms. The van der Waals surface area contributed by atoms with Gasteiger partial charge in [0.25, 0.3) is 0 Å². The van der Waals surface area contributed by atoms with Crippen molar-refractivity contribution in [2.45, 2.75) is 19.8 Å². The first-order chi connectivity index (χ1) is 13.9. The van der Waals surface area contributed by atoms with Gasteiger partial charge in [-0.3, -0.25) is 0 Å². The molecule has 6 radical (unpaired) electrons. The van der Waals surface area contributed by atoms with Gasteiger partial charge in [-0.25, -0.2) is 0 Å². The maximum Gasteiger partial charge on any atom is 0 e. The predicted molar refractivity (Wildman–Crippen MR) is 118 cm³/mol. The van der Waals surface area contributed by atoms with E-state index in [1.165, 1.54) is 40.4 Å². The van der Waals surface area contributed by atoms with Crippen LogP contribution in [0.1, 0.15) is 19.8 Å². The number of rotatable bonds is 6. The summed E-state index contributed by atoms with van der Waals surface area (Å²) < 4.78 is 7.50. The van der Waals surface area contributed by atoms with Gasteiger partial charge in [0.05, 0.1) is 0 Å². The molecule has 148 valence electrons. The van der Waals surface area contributed by atoms with Crippen LogP contribution in [0.15, 0.2) is 85.0 Å². The summed E-state index contributed by atoms with van der Waals surface area (Å²) in [6.45, 7) is 6.76. The molecule has 2 aromatic rings. The van der Waals surface area contributed by atoms with Crippen LogP contribution >= 0.6 is 7.92 Å². The van der Waals surface area contributed by atoms with Gasteiger partial charge in [0.15, 0.2) is 0 Å². The second-order valence-corrected chi connectivity index (χ2v) is 9.00. The first-order valence-corrected chi connectivity index (χ1v) is 11.1. The molecule has 0 saturated heterocycles. The zero-order valence-electron chi connectivity index (χ0n) is 16.5. The molecule has 4 rings (SSSR count). The standard InChI is InChI=1S/C25H24P.CO.Rh/c1-2-20-19-21(25-16-10-9-15-24(20)25)17-18-26(22-11-5-3-6-12-22)23-13-7-4-8-14-23;1-2;/h3-16,19H,2,17-18H2,1H3;;. The Bertz CT molecular complexity index is 760. The van der Waals surface area contributed by atoms with E-state index in [-0.39, 0.29) is 27.4 Å². The van der Waals surface area contributed by atoms with Crippen LogP contribution in [-0.2, 0) is 24.1 Å². The van der Waals surface area contributed by atoms with Crippen molar-refractivity contribution < 1.29 is 24.1 Å². The summed E-state index contributed by atoms with van der Waals surface area (Å²) in [6, 6.07) is 22.1. The molecule has 0 amide bonds. The zero-order valence-corrected chi connectivity index (χ0v) is 19.0. The Morgan fingerprint density at radius 3 is 1.72 bits per heavy atom. The fourth-order valence-corrected chi connectivity index (χ4v) is 6.11. The second kappa shape index (κ2) is 12.4. The Kier molecular flexibility index (Phi) is 10.3. The van der Waals surface area contributed by atoms with Crippen molar-refractivity contribution in [1.29, 1.82) is 0 Å². The summed E-state index contributed by atoms with van der Waals surface area (Å²) in [6.07, 6.45) is 14.8. The molecule has 1 fully saturated rings. The van der Waals surface area contributed by atoms with Gasteiger partial charge in [-0.1, -0.05) is 91.9 Å². The van der Waals surface area contributed by atoms with Crippen molar-refractivity contribution in [3.8, 4) is 0 Å². The van der Waals surface area contributed by atoms with Gasteiger partial charge in [-0.05, 0) is 55.8 Å². The van der Waals surface area contributed by atoms with E-state index in [9.17, 15) is 0 Å². The zero-order chi connectivity index (χ0) is 19.8. The van der Waals surface area contributed by atoms with Crippen molar-refractivity contribution in [2.75, 3.05) is 6.16 Å². The number of benzene rings is 2. The molecule has 0 spiro atoms. The molecule has 0 N–H and O–H groups in total. The first-order valence-electron chi connectivity index (χ1n) is 9.61. The van der Waals surface area contributed by atoms with Crippen molar-refractivity contribution >= 4 is 18.5 Å². The van der Waals surface area contributed by atoms with Crippen LogP contribution in [0.25, 0.3) is 0 Å². The van der Waals surface area contributed by atoms with Crippen molar-refractivity contribution in [2.24, 2.45) is 0 Å².